The Balaban J connectivity index is 1.53. The van der Waals surface area contributed by atoms with Crippen LogP contribution in [-0.2, 0) is 23.4 Å². The van der Waals surface area contributed by atoms with Crippen LogP contribution in [0.2, 0.25) is 10.0 Å². The summed E-state index contributed by atoms with van der Waals surface area (Å²) < 4.78 is 5.41. The first kappa shape index (κ1) is 22.1. The van der Waals surface area contributed by atoms with Crippen molar-refractivity contribution in [3.05, 3.63) is 73.7 Å². The van der Waals surface area contributed by atoms with Crippen molar-refractivity contribution >= 4 is 52.3 Å². The van der Waals surface area contributed by atoms with Crippen LogP contribution in [0.1, 0.15) is 21.1 Å². The third kappa shape index (κ3) is 6.73. The van der Waals surface area contributed by atoms with Crippen molar-refractivity contribution in [2.24, 2.45) is 0 Å². The van der Waals surface area contributed by atoms with Crippen molar-refractivity contribution in [3.63, 3.8) is 0 Å². The fourth-order valence-corrected chi connectivity index (χ4v) is 5.10. The molecule has 0 unspecified atom stereocenters. The van der Waals surface area contributed by atoms with E-state index in [0.717, 1.165) is 26.8 Å². The maximum absolute atomic E-state index is 12.2. The van der Waals surface area contributed by atoms with Crippen molar-refractivity contribution in [1.29, 1.82) is 0 Å². The van der Waals surface area contributed by atoms with E-state index >= 15 is 0 Å². The Hall–Kier alpha value is -1.57. The van der Waals surface area contributed by atoms with Crippen LogP contribution in [0.25, 0.3) is 0 Å². The number of carbonyl (C=O) groups is 1. The summed E-state index contributed by atoms with van der Waals surface area (Å²) in [6, 6.07) is 12.9. The summed E-state index contributed by atoms with van der Waals surface area (Å²) in [4.78, 5) is 18.6. The van der Waals surface area contributed by atoms with Gasteiger partial charge in [-0.05, 0) is 55.0 Å². The highest BCUT2D eigenvalue weighted by Crippen LogP contribution is 2.28. The molecule has 1 N–H and O–H groups in total. The van der Waals surface area contributed by atoms with Crippen LogP contribution in [0.4, 0.5) is 0 Å². The van der Waals surface area contributed by atoms with E-state index in [0.29, 0.717) is 27.2 Å². The number of nitrogens with zero attached hydrogens (tertiary/aromatic N) is 1. The quantitative estimate of drug-likeness (QED) is 0.260. The number of hydrogen-bond acceptors (Lipinski definition) is 6. The van der Waals surface area contributed by atoms with Crippen LogP contribution >= 0.6 is 46.3 Å². The lowest BCUT2D eigenvalue weighted by Gasteiger charge is -2.06. The molecule has 0 aliphatic carbocycles. The fraction of sp³-hybridized carbons (Fsp3) is 0.238. The second-order valence-corrected chi connectivity index (χ2v) is 9.37. The van der Waals surface area contributed by atoms with Gasteiger partial charge in [0.15, 0.2) is 0 Å². The first-order valence-corrected chi connectivity index (χ1v) is 11.4. The summed E-state index contributed by atoms with van der Waals surface area (Å²) in [5.41, 5.74) is 1.90. The minimum Gasteiger partial charge on any atom is -0.426 e. The van der Waals surface area contributed by atoms with Gasteiger partial charge in [0.1, 0.15) is 10.8 Å². The molecule has 3 aromatic rings. The molecule has 0 aliphatic heterocycles. The molecule has 0 amide bonds. The molecule has 0 bridgehead atoms. The van der Waals surface area contributed by atoms with Crippen LogP contribution < -0.4 is 4.74 Å². The number of ether oxygens (including phenoxy) is 1. The third-order valence-corrected chi connectivity index (χ3v) is 6.69. The Labute approximate surface area is 187 Å². The molecule has 4 nitrogen and oxygen atoms in total. The SMILES string of the molecule is Cc1nc(CC(=O)Oc2ccc(SCc3cc(Cl)cc(Cl)c3)cc2)sc1CCO. The van der Waals surface area contributed by atoms with Crippen molar-refractivity contribution in [2.75, 3.05) is 6.61 Å². The van der Waals surface area contributed by atoms with Gasteiger partial charge in [0, 0.05) is 38.6 Å². The summed E-state index contributed by atoms with van der Waals surface area (Å²) in [5, 5.41) is 11.0. The van der Waals surface area contributed by atoms with Gasteiger partial charge in [-0.25, -0.2) is 4.98 Å². The standard InChI is InChI=1S/C21H19Cl2NO3S2/c1-13-19(6-7-25)29-20(24-13)11-21(26)27-17-2-4-18(5-3-17)28-12-14-8-15(22)10-16(23)9-14/h2-5,8-10,25H,6-7,11-12H2,1H3. The molecule has 0 saturated carbocycles. The van der Waals surface area contributed by atoms with Gasteiger partial charge in [0.05, 0.1) is 12.1 Å². The topological polar surface area (TPSA) is 59.4 Å². The summed E-state index contributed by atoms with van der Waals surface area (Å²) in [5.74, 6) is 0.871. The van der Waals surface area contributed by atoms with Crippen LogP contribution in [-0.4, -0.2) is 22.7 Å². The zero-order chi connectivity index (χ0) is 20.8. The van der Waals surface area contributed by atoms with Gasteiger partial charge in [-0.2, -0.15) is 0 Å². The molecular weight excluding hydrogens is 449 g/mol. The molecule has 0 aliphatic rings. The Bertz CT molecular complexity index is 970. The maximum Gasteiger partial charge on any atom is 0.318 e. The largest absolute Gasteiger partial charge is 0.426 e. The van der Waals surface area contributed by atoms with E-state index in [2.05, 4.69) is 4.98 Å². The van der Waals surface area contributed by atoms with E-state index in [1.807, 2.05) is 31.2 Å². The number of carbonyl (C=O) groups excluding carboxylic acids is 1. The molecule has 0 saturated heterocycles. The van der Waals surface area contributed by atoms with Crippen molar-refractivity contribution in [1.82, 2.24) is 4.98 Å². The van der Waals surface area contributed by atoms with Gasteiger partial charge in [-0.15, -0.1) is 23.1 Å². The molecule has 0 spiro atoms. The Morgan fingerprint density at radius 2 is 1.86 bits per heavy atom. The molecule has 0 radical (unpaired) electrons. The minimum atomic E-state index is -0.358. The molecule has 1 heterocycles. The molecular formula is C21H19Cl2NO3S2. The lowest BCUT2D eigenvalue weighted by molar-refractivity contribution is -0.133. The average molecular weight is 468 g/mol. The van der Waals surface area contributed by atoms with E-state index in [1.54, 1.807) is 30.0 Å². The van der Waals surface area contributed by atoms with Gasteiger partial charge in [0.25, 0.3) is 0 Å². The van der Waals surface area contributed by atoms with E-state index in [-0.39, 0.29) is 19.0 Å². The molecule has 1 aromatic heterocycles. The number of halogens is 2. The van der Waals surface area contributed by atoms with Crippen molar-refractivity contribution in [3.8, 4) is 5.75 Å². The fourth-order valence-electron chi connectivity index (χ4n) is 2.65. The Morgan fingerprint density at radius 3 is 2.52 bits per heavy atom. The normalized spacial score (nSPS) is 10.9. The molecule has 152 valence electrons. The first-order valence-electron chi connectivity index (χ1n) is 8.87. The molecule has 29 heavy (non-hydrogen) atoms. The zero-order valence-electron chi connectivity index (χ0n) is 15.7. The lowest BCUT2D eigenvalue weighted by atomic mass is 10.2. The number of aryl methyl sites for hydroxylation is 1. The van der Waals surface area contributed by atoms with Crippen LogP contribution in [0.3, 0.4) is 0 Å². The highest BCUT2D eigenvalue weighted by atomic mass is 35.5. The second-order valence-electron chi connectivity index (χ2n) is 6.28. The number of hydrogen-bond donors (Lipinski definition) is 1. The Morgan fingerprint density at radius 1 is 1.17 bits per heavy atom. The van der Waals surface area contributed by atoms with E-state index in [4.69, 9.17) is 33.0 Å². The third-order valence-electron chi connectivity index (χ3n) is 3.95. The lowest BCUT2D eigenvalue weighted by Crippen LogP contribution is -2.11. The predicted molar refractivity (Wildman–Crippen MR) is 119 cm³/mol. The van der Waals surface area contributed by atoms with E-state index in [1.165, 1.54) is 11.3 Å². The number of thioether (sulfide) groups is 1. The molecule has 0 fully saturated rings. The van der Waals surface area contributed by atoms with Crippen LogP contribution in [0.5, 0.6) is 5.75 Å². The summed E-state index contributed by atoms with van der Waals surface area (Å²) in [6.45, 7) is 1.95. The van der Waals surface area contributed by atoms with Gasteiger partial charge in [0.2, 0.25) is 0 Å². The molecule has 2 aromatic carbocycles. The summed E-state index contributed by atoms with van der Waals surface area (Å²) >= 11 is 15.1. The zero-order valence-corrected chi connectivity index (χ0v) is 18.8. The van der Waals surface area contributed by atoms with Gasteiger partial charge in [-0.1, -0.05) is 23.2 Å². The van der Waals surface area contributed by atoms with Crippen LogP contribution in [0.15, 0.2) is 47.4 Å². The van der Waals surface area contributed by atoms with Gasteiger partial charge < -0.3 is 9.84 Å². The van der Waals surface area contributed by atoms with Crippen molar-refractivity contribution in [2.45, 2.75) is 30.4 Å². The Kier molecular flexibility index (Phi) is 7.98. The van der Waals surface area contributed by atoms with E-state index < -0.39 is 0 Å². The number of aliphatic hydroxyl groups is 1. The summed E-state index contributed by atoms with van der Waals surface area (Å²) in [6.07, 6.45) is 0.669. The number of benzene rings is 2. The number of rotatable bonds is 8. The number of aliphatic hydroxyl groups excluding tert-OH is 1. The average Bonchev–Trinajstić information content (AvgIpc) is 2.99. The van der Waals surface area contributed by atoms with Crippen molar-refractivity contribution < 1.29 is 14.6 Å². The van der Waals surface area contributed by atoms with E-state index in [9.17, 15) is 4.79 Å². The molecule has 0 atom stereocenters. The molecule has 3 rings (SSSR count). The smallest absolute Gasteiger partial charge is 0.318 e. The monoisotopic (exact) mass is 467 g/mol. The summed E-state index contributed by atoms with van der Waals surface area (Å²) in [7, 11) is 0. The molecule has 8 heteroatoms. The minimum absolute atomic E-state index is 0.0711. The first-order chi connectivity index (χ1) is 13.9. The van der Waals surface area contributed by atoms with Gasteiger partial charge in [-0.3, -0.25) is 4.79 Å². The number of aromatic nitrogens is 1. The second kappa shape index (κ2) is 10.5. The predicted octanol–water partition coefficient (Wildman–Crippen LogP) is 5.73. The highest BCUT2D eigenvalue weighted by molar-refractivity contribution is 7.98. The highest BCUT2D eigenvalue weighted by Gasteiger charge is 2.13. The number of thiazole rings is 1. The maximum atomic E-state index is 12.2. The van der Waals surface area contributed by atoms with Gasteiger partial charge >= 0.3 is 5.97 Å². The van der Waals surface area contributed by atoms with Crippen LogP contribution in [0, 0.1) is 6.92 Å². The number of esters is 1.